The van der Waals surface area contributed by atoms with E-state index >= 15 is 0 Å². The van der Waals surface area contributed by atoms with E-state index in [4.69, 9.17) is 5.73 Å². The molecular formula is C13H24N2O3. The fourth-order valence-electron chi connectivity index (χ4n) is 2.29. The van der Waals surface area contributed by atoms with Gasteiger partial charge in [-0.1, -0.05) is 13.8 Å². The maximum Gasteiger partial charge on any atom is 0.329 e. The molecule has 1 aliphatic rings. The predicted octanol–water partition coefficient (Wildman–Crippen LogP) is 1.22. The smallest absolute Gasteiger partial charge is 0.329 e. The minimum atomic E-state index is -1.06. The molecule has 2 unspecified atom stereocenters. The highest BCUT2D eigenvalue weighted by atomic mass is 16.4. The molecule has 5 heteroatoms. The number of piperidine rings is 1. The van der Waals surface area contributed by atoms with Gasteiger partial charge in [-0.3, -0.25) is 4.79 Å². The van der Waals surface area contributed by atoms with Gasteiger partial charge in [-0.15, -0.1) is 0 Å². The molecule has 1 rings (SSSR count). The molecule has 1 aliphatic heterocycles. The summed E-state index contributed by atoms with van der Waals surface area (Å²) in [6, 6.07) is -0.211. The molecule has 0 aromatic carbocycles. The number of likely N-dealkylation sites (tertiary alicyclic amines) is 1. The normalized spacial score (nSPS) is 26.2. The predicted molar refractivity (Wildman–Crippen MR) is 69.0 cm³/mol. The van der Waals surface area contributed by atoms with Crippen LogP contribution in [0.4, 0.5) is 0 Å². The van der Waals surface area contributed by atoms with Gasteiger partial charge in [0.25, 0.3) is 0 Å². The standard InChI is InChI=1S/C13H24N2O3/c1-9(2)10(14)8-11(16)15-7-5-4-6-13(15,3)12(17)18/h9-10H,4-8,14H2,1-3H3,(H,17,18). The molecule has 0 aromatic heterocycles. The van der Waals surface area contributed by atoms with Crippen LogP contribution in [-0.2, 0) is 9.59 Å². The fourth-order valence-corrected chi connectivity index (χ4v) is 2.29. The molecule has 1 fully saturated rings. The number of carbonyl (C=O) groups is 2. The number of hydrogen-bond acceptors (Lipinski definition) is 3. The Labute approximate surface area is 108 Å². The second-order valence-electron chi connectivity index (χ2n) is 5.69. The minimum absolute atomic E-state index is 0.138. The summed E-state index contributed by atoms with van der Waals surface area (Å²) in [5, 5.41) is 9.33. The summed E-state index contributed by atoms with van der Waals surface area (Å²) in [7, 11) is 0. The Morgan fingerprint density at radius 2 is 2.00 bits per heavy atom. The van der Waals surface area contributed by atoms with E-state index in [1.807, 2.05) is 13.8 Å². The van der Waals surface area contributed by atoms with E-state index in [0.717, 1.165) is 12.8 Å². The van der Waals surface area contributed by atoms with Gasteiger partial charge in [0.05, 0.1) is 0 Å². The van der Waals surface area contributed by atoms with Crippen LogP contribution in [-0.4, -0.2) is 40.0 Å². The summed E-state index contributed by atoms with van der Waals surface area (Å²) in [5.74, 6) is -0.843. The van der Waals surface area contributed by atoms with E-state index in [9.17, 15) is 14.7 Å². The molecule has 0 saturated carbocycles. The highest BCUT2D eigenvalue weighted by molar-refractivity contribution is 5.87. The number of aliphatic carboxylic acids is 1. The Morgan fingerprint density at radius 1 is 1.39 bits per heavy atom. The van der Waals surface area contributed by atoms with Crippen LogP contribution in [0.2, 0.25) is 0 Å². The largest absolute Gasteiger partial charge is 0.480 e. The van der Waals surface area contributed by atoms with Gasteiger partial charge in [0.2, 0.25) is 5.91 Å². The molecule has 5 nitrogen and oxygen atoms in total. The molecule has 0 bridgehead atoms. The second kappa shape index (κ2) is 5.69. The van der Waals surface area contributed by atoms with Crippen molar-refractivity contribution in [3.8, 4) is 0 Å². The lowest BCUT2D eigenvalue weighted by molar-refractivity contribution is -0.161. The van der Waals surface area contributed by atoms with E-state index in [2.05, 4.69) is 0 Å². The summed E-state index contributed by atoms with van der Waals surface area (Å²) in [4.78, 5) is 25.1. The molecule has 3 N–H and O–H groups in total. The molecule has 0 radical (unpaired) electrons. The third kappa shape index (κ3) is 3.02. The minimum Gasteiger partial charge on any atom is -0.480 e. The van der Waals surface area contributed by atoms with Crippen LogP contribution in [0.25, 0.3) is 0 Å². The molecule has 1 saturated heterocycles. The third-order valence-electron chi connectivity index (χ3n) is 3.92. The van der Waals surface area contributed by atoms with Gasteiger partial charge >= 0.3 is 5.97 Å². The highest BCUT2D eigenvalue weighted by Gasteiger charge is 2.43. The van der Waals surface area contributed by atoms with Crippen molar-refractivity contribution in [3.63, 3.8) is 0 Å². The van der Waals surface area contributed by atoms with Crippen molar-refractivity contribution in [2.45, 2.75) is 58.0 Å². The van der Waals surface area contributed by atoms with Crippen LogP contribution in [0.5, 0.6) is 0 Å². The van der Waals surface area contributed by atoms with Crippen LogP contribution in [0.3, 0.4) is 0 Å². The van der Waals surface area contributed by atoms with E-state index in [1.165, 1.54) is 4.90 Å². The number of hydrogen-bond donors (Lipinski definition) is 2. The van der Waals surface area contributed by atoms with Crippen LogP contribution < -0.4 is 5.73 Å². The molecule has 18 heavy (non-hydrogen) atoms. The fraction of sp³-hybridized carbons (Fsp3) is 0.846. The van der Waals surface area contributed by atoms with Crippen molar-refractivity contribution in [2.75, 3.05) is 6.54 Å². The lowest BCUT2D eigenvalue weighted by Crippen LogP contribution is -2.58. The van der Waals surface area contributed by atoms with E-state index in [0.29, 0.717) is 13.0 Å². The first-order valence-electron chi connectivity index (χ1n) is 6.58. The van der Waals surface area contributed by atoms with Crippen LogP contribution in [0.1, 0.15) is 46.5 Å². The van der Waals surface area contributed by atoms with Gasteiger partial charge in [-0.25, -0.2) is 4.79 Å². The Morgan fingerprint density at radius 3 is 2.50 bits per heavy atom. The zero-order chi connectivity index (χ0) is 13.9. The number of carbonyl (C=O) groups excluding carboxylic acids is 1. The van der Waals surface area contributed by atoms with E-state index in [1.54, 1.807) is 6.92 Å². The summed E-state index contributed by atoms with van der Waals surface area (Å²) < 4.78 is 0. The summed E-state index contributed by atoms with van der Waals surface area (Å²) in [6.07, 6.45) is 2.46. The molecule has 0 spiro atoms. The zero-order valence-corrected chi connectivity index (χ0v) is 11.5. The Bertz CT molecular complexity index is 330. The van der Waals surface area contributed by atoms with Crippen molar-refractivity contribution in [1.82, 2.24) is 4.90 Å². The molecule has 1 heterocycles. The molecule has 1 amide bonds. The monoisotopic (exact) mass is 256 g/mol. The number of carboxylic acids is 1. The quantitative estimate of drug-likeness (QED) is 0.792. The summed E-state index contributed by atoms with van der Waals surface area (Å²) in [6.45, 7) is 6.08. The highest BCUT2D eigenvalue weighted by Crippen LogP contribution is 2.29. The first kappa shape index (κ1) is 15.0. The molecule has 2 atom stereocenters. The van der Waals surface area contributed by atoms with Crippen LogP contribution >= 0.6 is 0 Å². The van der Waals surface area contributed by atoms with E-state index < -0.39 is 11.5 Å². The Balaban J connectivity index is 2.78. The average Bonchev–Trinajstić information content (AvgIpc) is 2.28. The average molecular weight is 256 g/mol. The first-order valence-corrected chi connectivity index (χ1v) is 6.58. The third-order valence-corrected chi connectivity index (χ3v) is 3.92. The van der Waals surface area contributed by atoms with Gasteiger partial charge < -0.3 is 15.7 Å². The maximum atomic E-state index is 12.2. The van der Waals surface area contributed by atoms with Gasteiger partial charge in [0.15, 0.2) is 0 Å². The summed E-state index contributed by atoms with van der Waals surface area (Å²) >= 11 is 0. The zero-order valence-electron chi connectivity index (χ0n) is 11.5. The van der Waals surface area contributed by atoms with Gasteiger partial charge in [-0.2, -0.15) is 0 Å². The second-order valence-corrected chi connectivity index (χ2v) is 5.69. The molecule has 0 aromatic rings. The molecule has 0 aliphatic carbocycles. The summed E-state index contributed by atoms with van der Waals surface area (Å²) in [5.41, 5.74) is 4.83. The van der Waals surface area contributed by atoms with E-state index in [-0.39, 0.29) is 24.3 Å². The van der Waals surface area contributed by atoms with Crippen molar-refractivity contribution >= 4 is 11.9 Å². The van der Waals surface area contributed by atoms with Crippen LogP contribution in [0.15, 0.2) is 0 Å². The number of amides is 1. The number of carboxylic acid groups (broad SMARTS) is 1. The lowest BCUT2D eigenvalue weighted by atomic mass is 9.87. The van der Waals surface area contributed by atoms with Crippen molar-refractivity contribution in [3.05, 3.63) is 0 Å². The van der Waals surface area contributed by atoms with Gasteiger partial charge in [0.1, 0.15) is 5.54 Å². The Hall–Kier alpha value is -1.10. The molecular weight excluding hydrogens is 232 g/mol. The van der Waals surface area contributed by atoms with Crippen molar-refractivity contribution < 1.29 is 14.7 Å². The number of rotatable bonds is 4. The molecule has 104 valence electrons. The first-order chi connectivity index (χ1) is 8.29. The van der Waals surface area contributed by atoms with Gasteiger partial charge in [0, 0.05) is 19.0 Å². The Kier molecular flexibility index (Phi) is 4.73. The number of nitrogens with zero attached hydrogens (tertiary/aromatic N) is 1. The van der Waals surface area contributed by atoms with Crippen molar-refractivity contribution in [1.29, 1.82) is 0 Å². The SMILES string of the molecule is CC(C)C(N)CC(=O)N1CCCCC1(C)C(=O)O. The van der Waals surface area contributed by atoms with Gasteiger partial charge in [-0.05, 0) is 32.1 Å². The van der Waals surface area contributed by atoms with Crippen molar-refractivity contribution in [2.24, 2.45) is 11.7 Å². The maximum absolute atomic E-state index is 12.2. The topological polar surface area (TPSA) is 83.6 Å². The lowest BCUT2D eigenvalue weighted by Gasteiger charge is -2.42. The van der Waals surface area contributed by atoms with Crippen LogP contribution in [0, 0.1) is 5.92 Å². The number of nitrogens with two attached hydrogens (primary N) is 1.